The van der Waals surface area contributed by atoms with Crippen molar-refractivity contribution in [3.05, 3.63) is 35.4 Å². The van der Waals surface area contributed by atoms with Gasteiger partial charge in [-0.3, -0.25) is 0 Å². The van der Waals surface area contributed by atoms with Gasteiger partial charge in [-0.2, -0.15) is 0 Å². The van der Waals surface area contributed by atoms with Crippen molar-refractivity contribution < 1.29 is 23.4 Å². The Kier molecular flexibility index (Phi) is 5.68. The van der Waals surface area contributed by atoms with Crippen molar-refractivity contribution in [3.63, 3.8) is 0 Å². The summed E-state index contributed by atoms with van der Waals surface area (Å²) in [4.78, 5) is 13.6. The molecular weight excluding hydrogens is 294 g/mol. The van der Waals surface area contributed by atoms with Gasteiger partial charge < -0.3 is 20.1 Å². The first-order valence-electron chi connectivity index (χ1n) is 7.29. The number of nitrogens with one attached hydrogen (secondary N) is 1. The minimum absolute atomic E-state index is 0.116. The number of nitrogens with zero attached hydrogens (tertiary/aromatic N) is 1. The maximum atomic E-state index is 13.4. The number of urea groups is 1. The van der Waals surface area contributed by atoms with Crippen LogP contribution in [0.25, 0.3) is 0 Å². The predicted molar refractivity (Wildman–Crippen MR) is 76.3 cm³/mol. The highest BCUT2D eigenvalue weighted by molar-refractivity contribution is 5.74. The number of carbonyl (C=O) groups is 1. The van der Waals surface area contributed by atoms with E-state index in [0.717, 1.165) is 12.1 Å². The van der Waals surface area contributed by atoms with Crippen molar-refractivity contribution >= 4 is 6.03 Å². The van der Waals surface area contributed by atoms with Crippen LogP contribution in [0.2, 0.25) is 0 Å². The highest BCUT2D eigenvalue weighted by Gasteiger charge is 2.32. The van der Waals surface area contributed by atoms with E-state index < -0.39 is 17.7 Å². The fourth-order valence-corrected chi connectivity index (χ4v) is 2.53. The van der Waals surface area contributed by atoms with E-state index in [1.807, 2.05) is 6.92 Å². The largest absolute Gasteiger partial charge is 0.395 e. The van der Waals surface area contributed by atoms with E-state index in [0.29, 0.717) is 25.1 Å². The highest BCUT2D eigenvalue weighted by atomic mass is 19.2. The number of benzene rings is 1. The van der Waals surface area contributed by atoms with Gasteiger partial charge >= 0.3 is 6.03 Å². The number of aliphatic hydroxyl groups excluding tert-OH is 1. The van der Waals surface area contributed by atoms with Crippen molar-refractivity contribution in [2.24, 2.45) is 0 Å². The maximum absolute atomic E-state index is 13.4. The van der Waals surface area contributed by atoms with Gasteiger partial charge in [-0.15, -0.1) is 0 Å². The summed E-state index contributed by atoms with van der Waals surface area (Å²) in [6.45, 7) is 2.84. The van der Waals surface area contributed by atoms with Gasteiger partial charge in [0, 0.05) is 19.7 Å². The van der Waals surface area contributed by atoms with Gasteiger partial charge in [0.25, 0.3) is 0 Å². The smallest absolute Gasteiger partial charge is 0.317 e. The average Bonchev–Trinajstić information content (AvgIpc) is 2.95. The summed E-state index contributed by atoms with van der Waals surface area (Å²) >= 11 is 0. The number of halogens is 2. The molecule has 2 atom stereocenters. The molecule has 122 valence electrons. The van der Waals surface area contributed by atoms with Crippen LogP contribution in [0.15, 0.2) is 18.2 Å². The van der Waals surface area contributed by atoms with Crippen molar-refractivity contribution in [2.45, 2.75) is 25.5 Å². The average molecular weight is 314 g/mol. The molecule has 0 aromatic heterocycles. The standard InChI is InChI=1S/C15H20F2N2O3/c1-2-19(6-7-20)15(21)18-13-5-8-22-14(13)10-3-4-11(16)12(17)9-10/h3-4,9,13-14,20H,2,5-8H2,1H3,(H,18,21). The summed E-state index contributed by atoms with van der Waals surface area (Å²) in [7, 11) is 0. The van der Waals surface area contributed by atoms with Gasteiger partial charge in [-0.1, -0.05) is 6.07 Å². The molecule has 1 heterocycles. The van der Waals surface area contributed by atoms with Crippen molar-refractivity contribution in [3.8, 4) is 0 Å². The van der Waals surface area contributed by atoms with Crippen LogP contribution in [0.3, 0.4) is 0 Å². The number of hydrogen-bond acceptors (Lipinski definition) is 3. The van der Waals surface area contributed by atoms with E-state index in [4.69, 9.17) is 9.84 Å². The lowest BCUT2D eigenvalue weighted by Gasteiger charge is -2.25. The van der Waals surface area contributed by atoms with Crippen LogP contribution in [-0.4, -0.2) is 48.4 Å². The van der Waals surface area contributed by atoms with Crippen LogP contribution >= 0.6 is 0 Å². The van der Waals surface area contributed by atoms with Crippen LogP contribution < -0.4 is 5.32 Å². The summed E-state index contributed by atoms with van der Waals surface area (Å²) in [6, 6.07) is 2.98. The Morgan fingerprint density at radius 1 is 1.45 bits per heavy atom. The van der Waals surface area contributed by atoms with E-state index in [1.165, 1.54) is 11.0 Å². The zero-order valence-corrected chi connectivity index (χ0v) is 12.4. The third kappa shape index (κ3) is 3.72. The Labute approximate surface area is 127 Å². The van der Waals surface area contributed by atoms with Crippen LogP contribution in [-0.2, 0) is 4.74 Å². The topological polar surface area (TPSA) is 61.8 Å². The molecule has 1 aromatic rings. The minimum atomic E-state index is -0.937. The Morgan fingerprint density at radius 2 is 2.23 bits per heavy atom. The van der Waals surface area contributed by atoms with Crippen LogP contribution in [0.5, 0.6) is 0 Å². The number of aliphatic hydroxyl groups is 1. The number of likely N-dealkylation sites (N-methyl/N-ethyl adjacent to an activating group) is 1. The van der Waals surface area contributed by atoms with Gasteiger partial charge in [0.05, 0.1) is 12.6 Å². The lowest BCUT2D eigenvalue weighted by atomic mass is 10.0. The number of ether oxygens (including phenoxy) is 1. The predicted octanol–water partition coefficient (Wildman–Crippen LogP) is 1.82. The van der Waals surface area contributed by atoms with Crippen LogP contribution in [0.1, 0.15) is 25.0 Å². The molecule has 1 aliphatic heterocycles. The molecule has 2 amide bonds. The Hall–Kier alpha value is -1.73. The second kappa shape index (κ2) is 7.51. The summed E-state index contributed by atoms with van der Waals surface area (Å²) in [6.07, 6.45) is 0.0819. The second-order valence-corrected chi connectivity index (χ2v) is 5.11. The van der Waals surface area contributed by atoms with E-state index in [-0.39, 0.29) is 25.2 Å². The van der Waals surface area contributed by atoms with Crippen molar-refractivity contribution in [1.29, 1.82) is 0 Å². The SMILES string of the molecule is CCN(CCO)C(=O)NC1CCOC1c1ccc(F)c(F)c1. The zero-order chi connectivity index (χ0) is 16.1. The molecule has 7 heteroatoms. The minimum Gasteiger partial charge on any atom is -0.395 e. The number of amides is 2. The molecule has 0 spiro atoms. The van der Waals surface area contributed by atoms with Crippen LogP contribution in [0, 0.1) is 11.6 Å². The number of rotatable bonds is 5. The molecule has 2 unspecified atom stereocenters. The summed E-state index contributed by atoms with van der Waals surface area (Å²) in [5, 5.41) is 11.8. The molecule has 0 bridgehead atoms. The third-order valence-corrected chi connectivity index (χ3v) is 3.71. The molecule has 0 radical (unpaired) electrons. The molecule has 1 aromatic carbocycles. The fourth-order valence-electron chi connectivity index (χ4n) is 2.53. The first-order valence-corrected chi connectivity index (χ1v) is 7.29. The highest BCUT2D eigenvalue weighted by Crippen LogP contribution is 2.30. The van der Waals surface area contributed by atoms with Crippen LogP contribution in [0.4, 0.5) is 13.6 Å². The quantitative estimate of drug-likeness (QED) is 0.871. The summed E-state index contributed by atoms with van der Waals surface area (Å²) in [5.74, 6) is -1.85. The molecule has 0 saturated carbocycles. The second-order valence-electron chi connectivity index (χ2n) is 5.11. The number of hydrogen-bond donors (Lipinski definition) is 2. The lowest BCUT2D eigenvalue weighted by molar-refractivity contribution is 0.0973. The van der Waals surface area contributed by atoms with Gasteiger partial charge in [0.1, 0.15) is 6.10 Å². The lowest BCUT2D eigenvalue weighted by Crippen LogP contribution is -2.46. The van der Waals surface area contributed by atoms with Gasteiger partial charge in [-0.05, 0) is 31.0 Å². The zero-order valence-electron chi connectivity index (χ0n) is 12.4. The Morgan fingerprint density at radius 3 is 2.86 bits per heavy atom. The van der Waals surface area contributed by atoms with Crippen molar-refractivity contribution in [1.82, 2.24) is 10.2 Å². The summed E-state index contributed by atoms with van der Waals surface area (Å²) in [5.41, 5.74) is 0.493. The first kappa shape index (κ1) is 16.6. The molecule has 0 aliphatic carbocycles. The molecule has 5 nitrogen and oxygen atoms in total. The normalized spacial score (nSPS) is 20.9. The first-order chi connectivity index (χ1) is 10.6. The van der Waals surface area contributed by atoms with E-state index in [2.05, 4.69) is 5.32 Å². The molecule has 1 saturated heterocycles. The van der Waals surface area contributed by atoms with E-state index in [9.17, 15) is 13.6 Å². The molecular formula is C15H20F2N2O3. The summed E-state index contributed by atoms with van der Waals surface area (Å²) < 4.78 is 31.9. The van der Waals surface area contributed by atoms with Gasteiger partial charge in [-0.25, -0.2) is 13.6 Å². The molecule has 22 heavy (non-hydrogen) atoms. The molecule has 1 fully saturated rings. The van der Waals surface area contributed by atoms with Gasteiger partial charge in [0.15, 0.2) is 11.6 Å². The van der Waals surface area contributed by atoms with E-state index in [1.54, 1.807) is 0 Å². The van der Waals surface area contributed by atoms with Gasteiger partial charge in [0.2, 0.25) is 0 Å². The fraction of sp³-hybridized carbons (Fsp3) is 0.533. The molecule has 2 rings (SSSR count). The number of carbonyl (C=O) groups excluding carboxylic acids is 1. The molecule has 2 N–H and O–H groups in total. The van der Waals surface area contributed by atoms with Crippen molar-refractivity contribution in [2.75, 3.05) is 26.3 Å². The molecule has 1 aliphatic rings. The maximum Gasteiger partial charge on any atom is 0.317 e. The Balaban J connectivity index is 2.07. The third-order valence-electron chi connectivity index (χ3n) is 3.71. The van der Waals surface area contributed by atoms with E-state index >= 15 is 0 Å². The monoisotopic (exact) mass is 314 g/mol. The Bertz CT molecular complexity index is 528.